The van der Waals surface area contributed by atoms with E-state index in [0.29, 0.717) is 22.4 Å². The Balaban J connectivity index is 3.16. The zero-order valence-electron chi connectivity index (χ0n) is 10.8. The molecular weight excluding hydrogens is 238 g/mol. The number of methoxy groups -OCH3 is 2. The van der Waals surface area contributed by atoms with E-state index in [2.05, 4.69) is 13.8 Å². The number of ether oxygens (including phenoxy) is 2. The minimum atomic E-state index is -0.0905. The molecular formula is C13H20ClNO2. The highest BCUT2D eigenvalue weighted by atomic mass is 35.5. The number of nitrogens with two attached hydrogens (primary N) is 1. The zero-order chi connectivity index (χ0) is 13.0. The van der Waals surface area contributed by atoms with Crippen molar-refractivity contribution in [1.29, 1.82) is 0 Å². The zero-order valence-corrected chi connectivity index (χ0v) is 11.5. The van der Waals surface area contributed by atoms with Gasteiger partial charge in [0.2, 0.25) is 0 Å². The van der Waals surface area contributed by atoms with Gasteiger partial charge in [-0.3, -0.25) is 0 Å². The fourth-order valence-corrected chi connectivity index (χ4v) is 1.97. The molecule has 1 rings (SSSR count). The van der Waals surface area contributed by atoms with Crippen LogP contribution in [0.3, 0.4) is 0 Å². The van der Waals surface area contributed by atoms with Crippen molar-refractivity contribution < 1.29 is 9.47 Å². The number of hydrogen-bond donors (Lipinski definition) is 1. The van der Waals surface area contributed by atoms with Crippen molar-refractivity contribution in [1.82, 2.24) is 0 Å². The van der Waals surface area contributed by atoms with Crippen molar-refractivity contribution >= 4 is 11.6 Å². The third-order valence-electron chi connectivity index (χ3n) is 3.12. The number of halogens is 1. The summed E-state index contributed by atoms with van der Waals surface area (Å²) in [7, 11) is 3.19. The van der Waals surface area contributed by atoms with Crippen LogP contribution < -0.4 is 15.2 Å². The normalized spacial score (nSPS) is 14.2. The second-order valence-electron chi connectivity index (χ2n) is 4.14. The van der Waals surface area contributed by atoms with Crippen LogP contribution in [0, 0.1) is 5.92 Å². The van der Waals surface area contributed by atoms with Crippen molar-refractivity contribution in [3.63, 3.8) is 0 Å². The lowest BCUT2D eigenvalue weighted by molar-refractivity contribution is 0.353. The van der Waals surface area contributed by atoms with Gasteiger partial charge < -0.3 is 15.2 Å². The minimum absolute atomic E-state index is 0.0905. The molecule has 1 aromatic rings. The number of benzene rings is 1. The average Bonchev–Trinajstić information content (AvgIpc) is 2.36. The van der Waals surface area contributed by atoms with Crippen LogP contribution in [0.25, 0.3) is 0 Å². The van der Waals surface area contributed by atoms with Crippen LogP contribution in [0.15, 0.2) is 12.1 Å². The Labute approximate surface area is 108 Å². The molecule has 0 saturated heterocycles. The molecule has 0 bridgehead atoms. The monoisotopic (exact) mass is 257 g/mol. The van der Waals surface area contributed by atoms with Gasteiger partial charge in [-0.1, -0.05) is 31.9 Å². The van der Waals surface area contributed by atoms with E-state index in [1.807, 2.05) is 6.07 Å². The summed E-state index contributed by atoms with van der Waals surface area (Å²) in [6.07, 6.45) is 1.01. The Morgan fingerprint density at radius 1 is 1.24 bits per heavy atom. The molecule has 0 amide bonds. The summed E-state index contributed by atoms with van der Waals surface area (Å²) in [6, 6.07) is 3.52. The molecule has 17 heavy (non-hydrogen) atoms. The van der Waals surface area contributed by atoms with Gasteiger partial charge in [0.05, 0.1) is 14.2 Å². The van der Waals surface area contributed by atoms with Gasteiger partial charge in [-0.05, 0) is 17.5 Å². The van der Waals surface area contributed by atoms with Gasteiger partial charge in [0.25, 0.3) is 0 Å². The summed E-state index contributed by atoms with van der Waals surface area (Å²) in [5.41, 5.74) is 7.09. The van der Waals surface area contributed by atoms with Gasteiger partial charge in [0, 0.05) is 17.1 Å². The van der Waals surface area contributed by atoms with E-state index in [0.717, 1.165) is 12.0 Å². The molecule has 3 nitrogen and oxygen atoms in total. The molecule has 2 atom stereocenters. The topological polar surface area (TPSA) is 44.5 Å². The lowest BCUT2D eigenvalue weighted by Gasteiger charge is -2.21. The first-order valence-corrected chi connectivity index (χ1v) is 6.09. The maximum Gasteiger partial charge on any atom is 0.162 e. The summed E-state index contributed by atoms with van der Waals surface area (Å²) >= 11 is 6.22. The van der Waals surface area contributed by atoms with Crippen molar-refractivity contribution in [3.8, 4) is 11.5 Å². The average molecular weight is 258 g/mol. The molecule has 0 spiro atoms. The maximum atomic E-state index is 6.22. The Kier molecular flexibility index (Phi) is 5.09. The highest BCUT2D eigenvalue weighted by Crippen LogP contribution is 2.37. The molecule has 0 saturated carbocycles. The van der Waals surface area contributed by atoms with Crippen molar-refractivity contribution in [2.24, 2.45) is 11.7 Å². The highest BCUT2D eigenvalue weighted by molar-refractivity contribution is 6.31. The fraction of sp³-hybridized carbons (Fsp3) is 0.538. The second-order valence-corrected chi connectivity index (χ2v) is 4.55. The van der Waals surface area contributed by atoms with Crippen LogP contribution in [0.1, 0.15) is 31.9 Å². The Morgan fingerprint density at radius 3 is 2.24 bits per heavy atom. The van der Waals surface area contributed by atoms with Gasteiger partial charge in [-0.15, -0.1) is 0 Å². The Morgan fingerprint density at radius 2 is 1.76 bits per heavy atom. The lowest BCUT2D eigenvalue weighted by atomic mass is 9.93. The van der Waals surface area contributed by atoms with E-state index in [4.69, 9.17) is 26.8 Å². The van der Waals surface area contributed by atoms with E-state index < -0.39 is 0 Å². The van der Waals surface area contributed by atoms with Crippen LogP contribution in [0.5, 0.6) is 11.5 Å². The quantitative estimate of drug-likeness (QED) is 0.879. The van der Waals surface area contributed by atoms with Crippen molar-refractivity contribution in [2.75, 3.05) is 14.2 Å². The first-order chi connectivity index (χ1) is 8.04. The molecule has 0 aliphatic heterocycles. The lowest BCUT2D eigenvalue weighted by Crippen LogP contribution is -2.19. The third kappa shape index (κ3) is 3.05. The van der Waals surface area contributed by atoms with Crippen molar-refractivity contribution in [3.05, 3.63) is 22.7 Å². The third-order valence-corrected chi connectivity index (χ3v) is 3.45. The molecule has 0 heterocycles. The standard InChI is InChI=1S/C13H20ClNO2/c1-5-8(2)13(15)9-6-11(16-3)12(17-4)7-10(9)14/h6-8,13H,5,15H2,1-4H3. The summed E-state index contributed by atoms with van der Waals surface area (Å²) < 4.78 is 10.4. The van der Waals surface area contributed by atoms with Crippen LogP contribution in [0.4, 0.5) is 0 Å². The van der Waals surface area contributed by atoms with E-state index >= 15 is 0 Å². The molecule has 0 aromatic heterocycles. The maximum absolute atomic E-state index is 6.22. The van der Waals surface area contributed by atoms with E-state index in [1.165, 1.54) is 0 Å². The summed E-state index contributed by atoms with van der Waals surface area (Å²) in [5.74, 6) is 1.65. The molecule has 2 N–H and O–H groups in total. The molecule has 0 fully saturated rings. The second kappa shape index (κ2) is 6.12. The van der Waals surface area contributed by atoms with E-state index in [9.17, 15) is 0 Å². The predicted molar refractivity (Wildman–Crippen MR) is 70.9 cm³/mol. The highest BCUT2D eigenvalue weighted by Gasteiger charge is 2.19. The fourth-order valence-electron chi connectivity index (χ4n) is 1.69. The largest absolute Gasteiger partial charge is 0.493 e. The molecule has 2 unspecified atom stereocenters. The minimum Gasteiger partial charge on any atom is -0.493 e. The molecule has 0 aliphatic carbocycles. The van der Waals surface area contributed by atoms with Gasteiger partial charge in [0.1, 0.15) is 0 Å². The molecule has 1 aromatic carbocycles. The van der Waals surface area contributed by atoms with E-state index in [1.54, 1.807) is 20.3 Å². The van der Waals surface area contributed by atoms with Crippen LogP contribution in [-0.4, -0.2) is 14.2 Å². The van der Waals surface area contributed by atoms with Gasteiger partial charge in [0.15, 0.2) is 11.5 Å². The summed E-state index contributed by atoms with van der Waals surface area (Å²) in [4.78, 5) is 0. The van der Waals surface area contributed by atoms with Gasteiger partial charge in [-0.2, -0.15) is 0 Å². The number of hydrogen-bond acceptors (Lipinski definition) is 3. The molecule has 96 valence electrons. The summed E-state index contributed by atoms with van der Waals surface area (Å²) in [5, 5.41) is 0.621. The Hall–Kier alpha value is -0.930. The number of rotatable bonds is 5. The van der Waals surface area contributed by atoms with Gasteiger partial charge >= 0.3 is 0 Å². The first-order valence-electron chi connectivity index (χ1n) is 5.72. The first kappa shape index (κ1) is 14.1. The molecule has 0 radical (unpaired) electrons. The summed E-state index contributed by atoms with van der Waals surface area (Å²) in [6.45, 7) is 4.22. The van der Waals surface area contributed by atoms with Crippen molar-refractivity contribution in [2.45, 2.75) is 26.3 Å². The smallest absolute Gasteiger partial charge is 0.162 e. The van der Waals surface area contributed by atoms with Crippen LogP contribution >= 0.6 is 11.6 Å². The molecule has 0 aliphatic rings. The Bertz CT molecular complexity index is 382. The van der Waals surface area contributed by atoms with E-state index in [-0.39, 0.29) is 6.04 Å². The van der Waals surface area contributed by atoms with Gasteiger partial charge in [-0.25, -0.2) is 0 Å². The predicted octanol–water partition coefficient (Wildman–Crippen LogP) is 3.40. The van der Waals surface area contributed by atoms with Crippen LogP contribution in [-0.2, 0) is 0 Å². The van der Waals surface area contributed by atoms with Crippen LogP contribution in [0.2, 0.25) is 5.02 Å². The SMILES string of the molecule is CCC(C)C(N)c1cc(OC)c(OC)cc1Cl. The molecule has 4 heteroatoms.